The first-order valence-electron chi connectivity index (χ1n) is 8.02. The highest BCUT2D eigenvalue weighted by atomic mass is 17.2. The zero-order valence-electron chi connectivity index (χ0n) is 16.0. The van der Waals surface area contributed by atoms with Crippen LogP contribution >= 0.6 is 0 Å². The van der Waals surface area contributed by atoms with E-state index in [4.69, 9.17) is 19.6 Å². The van der Waals surface area contributed by atoms with Crippen LogP contribution < -0.4 is 0 Å². The monoisotopic (exact) mass is 314 g/mol. The molecule has 0 amide bonds. The Morgan fingerprint density at radius 2 is 0.818 bits per heavy atom. The maximum Gasteiger partial charge on any atom is 0.158 e. The average Bonchev–Trinajstić information content (AvgIpc) is 2.42. The molecule has 0 N–H and O–H groups in total. The van der Waals surface area contributed by atoms with E-state index in [0.717, 1.165) is 12.8 Å². The Morgan fingerprint density at radius 1 is 0.545 bits per heavy atom. The molecule has 0 fully saturated rings. The maximum absolute atomic E-state index is 5.48. The van der Waals surface area contributed by atoms with E-state index < -0.39 is 11.2 Å². The third-order valence-electron chi connectivity index (χ3n) is 3.32. The van der Waals surface area contributed by atoms with Gasteiger partial charge in [0.2, 0.25) is 0 Å². The lowest BCUT2D eigenvalue weighted by Gasteiger charge is -2.28. The van der Waals surface area contributed by atoms with Gasteiger partial charge in [-0.3, -0.25) is 0 Å². The van der Waals surface area contributed by atoms with E-state index in [1.807, 2.05) is 69.2 Å². The van der Waals surface area contributed by atoms with Crippen molar-refractivity contribution in [2.45, 2.75) is 104 Å². The SMILES string of the molecule is CCC(C)(C)OOC(C)(C)C#CC(C)(C)OOC(C)(C)CC. The van der Waals surface area contributed by atoms with Crippen LogP contribution in [0.1, 0.15) is 82.1 Å². The summed E-state index contributed by atoms with van der Waals surface area (Å²) < 4.78 is 0. The molecule has 130 valence electrons. The molecule has 0 aromatic carbocycles. The standard InChI is InChI=1S/C18H34O4/c1-11-15(3,4)19-21-17(7,8)13-14-18(9,10)22-20-16(5,6)12-2/h11-12H2,1-10H3. The van der Waals surface area contributed by atoms with Crippen LogP contribution in [0.5, 0.6) is 0 Å². The minimum Gasteiger partial charge on any atom is -0.229 e. The lowest BCUT2D eigenvalue weighted by Crippen LogP contribution is -2.33. The van der Waals surface area contributed by atoms with E-state index in [1.54, 1.807) is 0 Å². The van der Waals surface area contributed by atoms with Gasteiger partial charge in [0.25, 0.3) is 0 Å². The lowest BCUT2D eigenvalue weighted by atomic mass is 10.1. The van der Waals surface area contributed by atoms with Gasteiger partial charge in [0.15, 0.2) is 11.2 Å². The lowest BCUT2D eigenvalue weighted by molar-refractivity contribution is -0.391. The van der Waals surface area contributed by atoms with E-state index >= 15 is 0 Å². The fraction of sp³-hybridized carbons (Fsp3) is 0.889. The molecule has 0 unspecified atom stereocenters. The molecule has 0 saturated carbocycles. The van der Waals surface area contributed by atoms with Gasteiger partial charge in [0, 0.05) is 0 Å². The van der Waals surface area contributed by atoms with Crippen LogP contribution in [-0.4, -0.2) is 22.4 Å². The van der Waals surface area contributed by atoms with Gasteiger partial charge >= 0.3 is 0 Å². The average molecular weight is 314 g/mol. The van der Waals surface area contributed by atoms with Gasteiger partial charge in [-0.1, -0.05) is 25.7 Å². The molecule has 0 atom stereocenters. The minimum atomic E-state index is -0.729. The Bertz CT molecular complexity index is 361. The van der Waals surface area contributed by atoms with E-state index in [2.05, 4.69) is 11.8 Å². The molecule has 0 heterocycles. The van der Waals surface area contributed by atoms with Gasteiger partial charge in [-0.2, -0.15) is 0 Å². The molecule has 4 nitrogen and oxygen atoms in total. The summed E-state index contributed by atoms with van der Waals surface area (Å²) in [7, 11) is 0. The fourth-order valence-corrected chi connectivity index (χ4v) is 0.894. The Morgan fingerprint density at radius 3 is 1.05 bits per heavy atom. The number of hydrogen-bond acceptors (Lipinski definition) is 4. The summed E-state index contributed by atoms with van der Waals surface area (Å²) >= 11 is 0. The molecule has 0 saturated heterocycles. The van der Waals surface area contributed by atoms with Crippen molar-refractivity contribution in [3.8, 4) is 11.8 Å². The summed E-state index contributed by atoms with van der Waals surface area (Å²) in [6.07, 6.45) is 1.70. The van der Waals surface area contributed by atoms with Crippen molar-refractivity contribution in [2.24, 2.45) is 0 Å². The first-order valence-corrected chi connectivity index (χ1v) is 8.02. The maximum atomic E-state index is 5.48. The molecule has 0 aromatic rings. The summed E-state index contributed by atoms with van der Waals surface area (Å²) in [5, 5.41) is 0. The van der Waals surface area contributed by atoms with Crippen molar-refractivity contribution in [1.29, 1.82) is 0 Å². The third kappa shape index (κ3) is 9.42. The predicted molar refractivity (Wildman–Crippen MR) is 89.0 cm³/mol. The van der Waals surface area contributed by atoms with Crippen LogP contribution in [0.2, 0.25) is 0 Å². The second-order valence-corrected chi connectivity index (χ2v) is 7.83. The Balaban J connectivity index is 4.67. The predicted octanol–water partition coefficient (Wildman–Crippen LogP) is 4.82. The van der Waals surface area contributed by atoms with Crippen LogP contribution in [-0.2, 0) is 19.6 Å². The molecule has 0 aliphatic rings. The minimum absolute atomic E-state index is 0.334. The van der Waals surface area contributed by atoms with Crippen molar-refractivity contribution in [3.63, 3.8) is 0 Å². The van der Waals surface area contributed by atoms with E-state index in [1.165, 1.54) is 0 Å². The Hall–Kier alpha value is -0.600. The highest BCUT2D eigenvalue weighted by Gasteiger charge is 2.27. The van der Waals surface area contributed by atoms with E-state index in [9.17, 15) is 0 Å². The summed E-state index contributed by atoms with van der Waals surface area (Å²) in [5.74, 6) is 6.10. The number of hydrogen-bond donors (Lipinski definition) is 0. The molecule has 0 spiro atoms. The molecule has 4 heteroatoms. The zero-order valence-corrected chi connectivity index (χ0v) is 16.0. The molecular formula is C18H34O4. The van der Waals surface area contributed by atoms with Crippen molar-refractivity contribution in [2.75, 3.05) is 0 Å². The van der Waals surface area contributed by atoms with E-state index in [0.29, 0.717) is 0 Å². The van der Waals surface area contributed by atoms with Gasteiger partial charge in [0.1, 0.15) is 0 Å². The second kappa shape index (κ2) is 7.79. The molecule has 0 bridgehead atoms. The van der Waals surface area contributed by atoms with Gasteiger partial charge in [-0.15, -0.1) is 0 Å². The normalized spacial score (nSPS) is 13.7. The highest BCUT2D eigenvalue weighted by molar-refractivity contribution is 5.17. The van der Waals surface area contributed by atoms with E-state index in [-0.39, 0.29) is 11.2 Å². The summed E-state index contributed by atoms with van der Waals surface area (Å²) in [6, 6.07) is 0. The highest BCUT2D eigenvalue weighted by Crippen LogP contribution is 2.21. The molecule has 22 heavy (non-hydrogen) atoms. The quantitative estimate of drug-likeness (QED) is 0.365. The summed E-state index contributed by atoms with van der Waals surface area (Å²) in [5.41, 5.74) is -2.13. The van der Waals surface area contributed by atoms with Crippen molar-refractivity contribution >= 4 is 0 Å². The van der Waals surface area contributed by atoms with Crippen LogP contribution in [0.4, 0.5) is 0 Å². The summed E-state index contributed by atoms with van der Waals surface area (Å²) in [6.45, 7) is 19.4. The fourth-order valence-electron chi connectivity index (χ4n) is 0.894. The Kier molecular flexibility index (Phi) is 7.57. The van der Waals surface area contributed by atoms with Crippen molar-refractivity contribution in [3.05, 3.63) is 0 Å². The zero-order chi connectivity index (χ0) is 17.7. The van der Waals surface area contributed by atoms with Gasteiger partial charge in [-0.05, 0) is 68.2 Å². The first-order chi connectivity index (χ1) is 9.74. The van der Waals surface area contributed by atoms with Gasteiger partial charge < -0.3 is 0 Å². The van der Waals surface area contributed by atoms with Gasteiger partial charge in [0.05, 0.1) is 11.2 Å². The molecule has 0 aromatic heterocycles. The van der Waals surface area contributed by atoms with Crippen LogP contribution in [0, 0.1) is 11.8 Å². The van der Waals surface area contributed by atoms with Crippen molar-refractivity contribution < 1.29 is 19.6 Å². The molecule has 0 aliphatic carbocycles. The first kappa shape index (κ1) is 21.4. The summed E-state index contributed by atoms with van der Waals surface area (Å²) in [4.78, 5) is 21.9. The molecular weight excluding hydrogens is 280 g/mol. The van der Waals surface area contributed by atoms with Crippen LogP contribution in [0.3, 0.4) is 0 Å². The molecule has 0 rings (SSSR count). The van der Waals surface area contributed by atoms with Gasteiger partial charge in [-0.25, -0.2) is 19.6 Å². The van der Waals surface area contributed by atoms with Crippen LogP contribution in [0.15, 0.2) is 0 Å². The number of rotatable bonds is 8. The second-order valence-electron chi connectivity index (χ2n) is 7.83. The molecule has 0 aliphatic heterocycles. The molecule has 0 radical (unpaired) electrons. The Labute approximate surface area is 136 Å². The third-order valence-corrected chi connectivity index (χ3v) is 3.32. The van der Waals surface area contributed by atoms with Crippen LogP contribution in [0.25, 0.3) is 0 Å². The smallest absolute Gasteiger partial charge is 0.158 e. The largest absolute Gasteiger partial charge is 0.229 e. The topological polar surface area (TPSA) is 36.9 Å². The van der Waals surface area contributed by atoms with Crippen molar-refractivity contribution in [1.82, 2.24) is 0 Å².